The van der Waals surface area contributed by atoms with Gasteiger partial charge in [0, 0.05) is 30.4 Å². The van der Waals surface area contributed by atoms with Crippen LogP contribution in [-0.2, 0) is 13.1 Å². The van der Waals surface area contributed by atoms with E-state index in [4.69, 9.17) is 4.74 Å². The van der Waals surface area contributed by atoms with Crippen molar-refractivity contribution in [3.8, 4) is 5.75 Å². The number of carbonyl (C=O) groups excluding carboxylic acids is 2. The van der Waals surface area contributed by atoms with Crippen molar-refractivity contribution in [1.82, 2.24) is 15.6 Å². The van der Waals surface area contributed by atoms with Crippen LogP contribution in [-0.4, -0.2) is 23.9 Å². The maximum atomic E-state index is 12.5. The second-order valence-corrected chi connectivity index (χ2v) is 6.09. The van der Waals surface area contributed by atoms with Crippen molar-refractivity contribution in [3.05, 3.63) is 95.3 Å². The minimum atomic E-state index is -0.330. The standard InChI is InChI=1S/C22H21N3O3/c1-28-20-10-6-5-9-18(20)15-25-21(26)17-11-12-23-19(13-17)22(27)24-14-16-7-3-2-4-8-16/h2-13H,14-15H2,1H3,(H,24,27)(H,25,26). The number of para-hydroxylation sites is 1. The highest BCUT2D eigenvalue weighted by Crippen LogP contribution is 2.17. The lowest BCUT2D eigenvalue weighted by Crippen LogP contribution is -2.26. The first kappa shape index (κ1) is 19.1. The van der Waals surface area contributed by atoms with Crippen molar-refractivity contribution in [1.29, 1.82) is 0 Å². The Morgan fingerprint density at radius 1 is 0.893 bits per heavy atom. The van der Waals surface area contributed by atoms with E-state index >= 15 is 0 Å². The van der Waals surface area contributed by atoms with E-state index in [0.29, 0.717) is 24.4 Å². The Hall–Kier alpha value is -3.67. The smallest absolute Gasteiger partial charge is 0.270 e. The van der Waals surface area contributed by atoms with E-state index < -0.39 is 0 Å². The van der Waals surface area contributed by atoms with Gasteiger partial charge in [-0.05, 0) is 23.8 Å². The fraction of sp³-hybridized carbons (Fsp3) is 0.136. The van der Waals surface area contributed by atoms with Crippen LogP contribution in [0, 0.1) is 0 Å². The number of hydrogen-bond acceptors (Lipinski definition) is 4. The number of hydrogen-bond donors (Lipinski definition) is 2. The summed E-state index contributed by atoms with van der Waals surface area (Å²) in [6, 6.07) is 20.1. The third kappa shape index (κ3) is 4.94. The van der Waals surface area contributed by atoms with Gasteiger partial charge in [0.2, 0.25) is 0 Å². The van der Waals surface area contributed by atoms with E-state index in [9.17, 15) is 9.59 Å². The number of aromatic nitrogens is 1. The summed E-state index contributed by atoms with van der Waals surface area (Å²) in [4.78, 5) is 28.9. The number of amides is 2. The minimum absolute atomic E-state index is 0.195. The number of rotatable bonds is 7. The molecule has 0 saturated carbocycles. The SMILES string of the molecule is COc1ccccc1CNC(=O)c1ccnc(C(=O)NCc2ccccc2)c1. The molecule has 28 heavy (non-hydrogen) atoms. The van der Waals surface area contributed by atoms with Crippen molar-refractivity contribution >= 4 is 11.8 Å². The maximum absolute atomic E-state index is 12.5. The summed E-state index contributed by atoms with van der Waals surface area (Å²) >= 11 is 0. The van der Waals surface area contributed by atoms with E-state index in [2.05, 4.69) is 15.6 Å². The first-order chi connectivity index (χ1) is 13.7. The molecule has 2 aromatic carbocycles. The van der Waals surface area contributed by atoms with E-state index in [0.717, 1.165) is 11.1 Å². The number of pyridine rings is 1. The fourth-order valence-electron chi connectivity index (χ4n) is 2.69. The van der Waals surface area contributed by atoms with Gasteiger partial charge in [0.1, 0.15) is 11.4 Å². The molecule has 0 unspecified atom stereocenters. The summed E-state index contributed by atoms with van der Waals surface area (Å²) in [7, 11) is 1.59. The van der Waals surface area contributed by atoms with Gasteiger partial charge in [-0.15, -0.1) is 0 Å². The summed E-state index contributed by atoms with van der Waals surface area (Å²) < 4.78 is 5.28. The second-order valence-electron chi connectivity index (χ2n) is 6.09. The Morgan fingerprint density at radius 2 is 1.61 bits per heavy atom. The van der Waals surface area contributed by atoms with Crippen LogP contribution < -0.4 is 15.4 Å². The highest BCUT2D eigenvalue weighted by Gasteiger charge is 2.12. The fourth-order valence-corrected chi connectivity index (χ4v) is 2.69. The highest BCUT2D eigenvalue weighted by molar-refractivity contribution is 5.98. The third-order valence-electron chi connectivity index (χ3n) is 4.18. The third-order valence-corrected chi connectivity index (χ3v) is 4.18. The molecule has 0 bridgehead atoms. The maximum Gasteiger partial charge on any atom is 0.270 e. The van der Waals surface area contributed by atoms with Gasteiger partial charge in [-0.3, -0.25) is 14.6 Å². The van der Waals surface area contributed by atoms with Gasteiger partial charge in [-0.2, -0.15) is 0 Å². The Bertz CT molecular complexity index is 958. The number of nitrogens with zero attached hydrogens (tertiary/aromatic N) is 1. The molecule has 142 valence electrons. The van der Waals surface area contributed by atoms with Gasteiger partial charge in [0.05, 0.1) is 7.11 Å². The van der Waals surface area contributed by atoms with Crippen molar-refractivity contribution in [2.75, 3.05) is 7.11 Å². The highest BCUT2D eigenvalue weighted by atomic mass is 16.5. The lowest BCUT2D eigenvalue weighted by Gasteiger charge is -2.10. The van der Waals surface area contributed by atoms with Crippen LogP contribution in [0.3, 0.4) is 0 Å². The number of methoxy groups -OCH3 is 1. The molecule has 3 rings (SSSR count). The predicted molar refractivity (Wildman–Crippen MR) is 106 cm³/mol. The zero-order chi connectivity index (χ0) is 19.8. The number of ether oxygens (including phenoxy) is 1. The Balaban J connectivity index is 1.61. The normalized spacial score (nSPS) is 10.2. The molecule has 0 atom stereocenters. The summed E-state index contributed by atoms with van der Waals surface area (Å²) in [5, 5.41) is 5.64. The molecule has 0 fully saturated rings. The quantitative estimate of drug-likeness (QED) is 0.665. The molecule has 0 saturated heterocycles. The second kappa shape index (κ2) is 9.32. The summed E-state index contributed by atoms with van der Waals surface area (Å²) in [6.07, 6.45) is 1.45. The van der Waals surface area contributed by atoms with Crippen LogP contribution in [0.2, 0.25) is 0 Å². The first-order valence-electron chi connectivity index (χ1n) is 8.85. The van der Waals surface area contributed by atoms with Gasteiger partial charge >= 0.3 is 0 Å². The molecule has 2 amide bonds. The molecule has 0 radical (unpaired) electrons. The van der Waals surface area contributed by atoms with Gasteiger partial charge in [-0.1, -0.05) is 48.5 Å². The molecule has 2 N–H and O–H groups in total. The summed E-state index contributed by atoms with van der Waals surface area (Å²) in [5.74, 6) is 0.0900. The minimum Gasteiger partial charge on any atom is -0.496 e. The van der Waals surface area contributed by atoms with E-state index in [1.165, 1.54) is 12.3 Å². The Labute approximate surface area is 163 Å². The molecule has 0 aliphatic heterocycles. The number of carbonyl (C=O) groups is 2. The first-order valence-corrected chi connectivity index (χ1v) is 8.85. The molecule has 0 aliphatic carbocycles. The van der Waals surface area contributed by atoms with Crippen molar-refractivity contribution in [2.45, 2.75) is 13.1 Å². The molecular weight excluding hydrogens is 354 g/mol. The molecular formula is C22H21N3O3. The number of nitrogens with one attached hydrogen (secondary N) is 2. The van der Waals surface area contributed by atoms with Crippen LogP contribution >= 0.6 is 0 Å². The van der Waals surface area contributed by atoms with Crippen LogP contribution in [0.5, 0.6) is 5.75 Å². The molecule has 3 aromatic rings. The predicted octanol–water partition coefficient (Wildman–Crippen LogP) is 2.95. The molecule has 0 spiro atoms. The van der Waals surface area contributed by atoms with Crippen molar-refractivity contribution < 1.29 is 14.3 Å². The topological polar surface area (TPSA) is 80.3 Å². The van der Waals surface area contributed by atoms with Gasteiger partial charge in [0.15, 0.2) is 0 Å². The number of benzene rings is 2. The lowest BCUT2D eigenvalue weighted by molar-refractivity contribution is 0.0946. The van der Waals surface area contributed by atoms with E-state index in [-0.39, 0.29) is 17.5 Å². The molecule has 1 heterocycles. The zero-order valence-electron chi connectivity index (χ0n) is 15.5. The van der Waals surface area contributed by atoms with E-state index in [1.807, 2.05) is 54.6 Å². The van der Waals surface area contributed by atoms with Gasteiger partial charge < -0.3 is 15.4 Å². The van der Waals surface area contributed by atoms with E-state index in [1.54, 1.807) is 13.2 Å². The molecule has 0 aliphatic rings. The zero-order valence-corrected chi connectivity index (χ0v) is 15.5. The van der Waals surface area contributed by atoms with Crippen LogP contribution in [0.25, 0.3) is 0 Å². The van der Waals surface area contributed by atoms with Crippen molar-refractivity contribution in [3.63, 3.8) is 0 Å². The molecule has 6 heteroatoms. The average molecular weight is 375 g/mol. The van der Waals surface area contributed by atoms with Gasteiger partial charge in [0.25, 0.3) is 11.8 Å². The lowest BCUT2D eigenvalue weighted by atomic mass is 10.1. The van der Waals surface area contributed by atoms with Gasteiger partial charge in [-0.25, -0.2) is 0 Å². The largest absolute Gasteiger partial charge is 0.496 e. The Morgan fingerprint density at radius 3 is 2.39 bits per heavy atom. The van der Waals surface area contributed by atoms with Crippen LogP contribution in [0.1, 0.15) is 32.0 Å². The van der Waals surface area contributed by atoms with Crippen LogP contribution in [0.4, 0.5) is 0 Å². The average Bonchev–Trinajstić information content (AvgIpc) is 2.76. The monoisotopic (exact) mass is 375 g/mol. The summed E-state index contributed by atoms with van der Waals surface area (Å²) in [5.41, 5.74) is 2.42. The Kier molecular flexibility index (Phi) is 6.36. The van der Waals surface area contributed by atoms with Crippen LogP contribution in [0.15, 0.2) is 72.9 Å². The van der Waals surface area contributed by atoms with Crippen molar-refractivity contribution in [2.24, 2.45) is 0 Å². The molecule has 1 aromatic heterocycles. The molecule has 6 nitrogen and oxygen atoms in total. The summed E-state index contributed by atoms with van der Waals surface area (Å²) in [6.45, 7) is 0.715.